The molecule has 2 aromatic carbocycles. The summed E-state index contributed by atoms with van der Waals surface area (Å²) in [6.45, 7) is 4.41. The molecule has 0 amide bonds. The molecule has 0 bridgehead atoms. The highest BCUT2D eigenvalue weighted by molar-refractivity contribution is 5.91. The van der Waals surface area contributed by atoms with Gasteiger partial charge in [0.15, 0.2) is 5.65 Å². The van der Waals surface area contributed by atoms with Crippen molar-refractivity contribution in [3.63, 3.8) is 0 Å². The number of pyridine rings is 1. The van der Waals surface area contributed by atoms with Crippen LogP contribution in [0.5, 0.6) is 0 Å². The van der Waals surface area contributed by atoms with Gasteiger partial charge in [0.2, 0.25) is 5.43 Å². The largest absolute Gasteiger partial charge is 0.328 e. The van der Waals surface area contributed by atoms with Crippen LogP contribution >= 0.6 is 0 Å². The highest BCUT2D eigenvalue weighted by atomic mass is 16.1. The molecule has 0 radical (unpaired) electrons. The second-order valence-electron chi connectivity index (χ2n) is 7.11. The third-order valence-corrected chi connectivity index (χ3v) is 4.93. The molecule has 0 saturated heterocycles. The first-order valence-electron chi connectivity index (χ1n) is 9.05. The summed E-state index contributed by atoms with van der Waals surface area (Å²) in [7, 11) is 1.85. The minimum atomic E-state index is -0.279. The van der Waals surface area contributed by atoms with Crippen molar-refractivity contribution in [2.75, 3.05) is 0 Å². The first-order chi connectivity index (χ1) is 13.0. The van der Waals surface area contributed by atoms with Crippen LogP contribution in [0.25, 0.3) is 21.9 Å². The lowest BCUT2D eigenvalue weighted by atomic mass is 10.1. The van der Waals surface area contributed by atoms with Crippen LogP contribution in [0.15, 0.2) is 64.2 Å². The summed E-state index contributed by atoms with van der Waals surface area (Å²) in [6, 6.07) is 17.1. The third-order valence-electron chi connectivity index (χ3n) is 4.93. The van der Waals surface area contributed by atoms with Crippen LogP contribution in [0.2, 0.25) is 0 Å². The standard InChI is InChI=1S/C22H21N3O2/c1-14(2)20-23-21-18(19(26)16-11-7-8-12-17(16)24(21)3)22(27)25(20)13-15-9-5-4-6-10-15/h4-12,14H,13H2,1-3H3. The van der Waals surface area contributed by atoms with Crippen molar-refractivity contribution in [2.45, 2.75) is 26.3 Å². The quantitative estimate of drug-likeness (QED) is 0.527. The second-order valence-corrected chi connectivity index (χ2v) is 7.11. The minimum absolute atomic E-state index is 0.0485. The van der Waals surface area contributed by atoms with E-state index in [-0.39, 0.29) is 22.3 Å². The van der Waals surface area contributed by atoms with Crippen molar-refractivity contribution < 1.29 is 0 Å². The average molecular weight is 359 g/mol. The zero-order chi connectivity index (χ0) is 19.1. The summed E-state index contributed by atoms with van der Waals surface area (Å²) < 4.78 is 3.48. The molecule has 4 aromatic rings. The smallest absolute Gasteiger partial charge is 0.267 e. The van der Waals surface area contributed by atoms with Gasteiger partial charge in [-0.05, 0) is 17.7 Å². The molecule has 2 heterocycles. The van der Waals surface area contributed by atoms with Gasteiger partial charge in [0.05, 0.1) is 12.1 Å². The molecule has 0 aliphatic heterocycles. The Morgan fingerprint density at radius 2 is 1.63 bits per heavy atom. The van der Waals surface area contributed by atoms with Gasteiger partial charge in [0.1, 0.15) is 11.2 Å². The number of aromatic nitrogens is 3. The topological polar surface area (TPSA) is 56.9 Å². The van der Waals surface area contributed by atoms with E-state index in [0.717, 1.165) is 11.1 Å². The molecule has 0 aliphatic carbocycles. The van der Waals surface area contributed by atoms with Crippen LogP contribution in [-0.2, 0) is 13.6 Å². The number of rotatable bonds is 3. The zero-order valence-electron chi connectivity index (χ0n) is 15.6. The number of fused-ring (bicyclic) bond motifs is 2. The molecule has 0 saturated carbocycles. The van der Waals surface area contributed by atoms with Crippen LogP contribution in [0.3, 0.4) is 0 Å². The summed E-state index contributed by atoms with van der Waals surface area (Å²) in [5.74, 6) is 0.731. The van der Waals surface area contributed by atoms with Crippen molar-refractivity contribution in [2.24, 2.45) is 7.05 Å². The molecule has 0 N–H and O–H groups in total. The first kappa shape index (κ1) is 17.2. The summed E-state index contributed by atoms with van der Waals surface area (Å²) in [4.78, 5) is 31.2. The maximum atomic E-state index is 13.4. The Bertz CT molecular complexity index is 1270. The van der Waals surface area contributed by atoms with Gasteiger partial charge in [0.25, 0.3) is 5.56 Å². The van der Waals surface area contributed by atoms with Gasteiger partial charge >= 0.3 is 0 Å². The molecule has 0 unspecified atom stereocenters. The van der Waals surface area contributed by atoms with E-state index in [1.54, 1.807) is 10.6 Å². The highest BCUT2D eigenvalue weighted by Crippen LogP contribution is 2.18. The van der Waals surface area contributed by atoms with Crippen molar-refractivity contribution in [1.29, 1.82) is 0 Å². The van der Waals surface area contributed by atoms with E-state index in [2.05, 4.69) is 0 Å². The van der Waals surface area contributed by atoms with Gasteiger partial charge < -0.3 is 4.57 Å². The molecule has 0 aliphatic rings. The van der Waals surface area contributed by atoms with Gasteiger partial charge in [-0.2, -0.15) is 0 Å². The monoisotopic (exact) mass is 359 g/mol. The van der Waals surface area contributed by atoms with E-state index in [0.29, 0.717) is 23.4 Å². The SMILES string of the molecule is CC(C)c1nc2c(c(=O)c3ccccc3n2C)c(=O)n1Cc1ccccc1. The Morgan fingerprint density at radius 1 is 0.963 bits per heavy atom. The van der Waals surface area contributed by atoms with Crippen LogP contribution < -0.4 is 11.0 Å². The number of nitrogens with zero attached hydrogens (tertiary/aromatic N) is 3. The maximum absolute atomic E-state index is 13.4. The van der Waals surface area contributed by atoms with E-state index in [4.69, 9.17) is 4.98 Å². The highest BCUT2D eigenvalue weighted by Gasteiger charge is 2.19. The number of hydrogen-bond donors (Lipinski definition) is 0. The van der Waals surface area contributed by atoms with E-state index in [9.17, 15) is 9.59 Å². The van der Waals surface area contributed by atoms with Crippen molar-refractivity contribution in [3.05, 3.63) is 86.6 Å². The minimum Gasteiger partial charge on any atom is -0.328 e. The van der Waals surface area contributed by atoms with Gasteiger partial charge in [-0.1, -0.05) is 56.3 Å². The van der Waals surface area contributed by atoms with Crippen molar-refractivity contribution >= 4 is 21.9 Å². The number of benzene rings is 2. The van der Waals surface area contributed by atoms with Crippen LogP contribution in [0.4, 0.5) is 0 Å². The summed E-state index contributed by atoms with van der Waals surface area (Å²) >= 11 is 0. The molecular weight excluding hydrogens is 338 g/mol. The summed E-state index contributed by atoms with van der Waals surface area (Å²) in [6.07, 6.45) is 0. The molecule has 0 atom stereocenters. The molecule has 0 fully saturated rings. The Balaban J connectivity index is 2.12. The number of hydrogen-bond acceptors (Lipinski definition) is 3. The summed E-state index contributed by atoms with van der Waals surface area (Å²) in [5.41, 5.74) is 1.68. The Kier molecular flexibility index (Phi) is 4.15. The van der Waals surface area contributed by atoms with Crippen LogP contribution in [0, 0.1) is 0 Å². The fourth-order valence-corrected chi connectivity index (χ4v) is 3.57. The van der Waals surface area contributed by atoms with Gasteiger partial charge in [0, 0.05) is 18.4 Å². The summed E-state index contributed by atoms with van der Waals surface area (Å²) in [5, 5.41) is 0.687. The maximum Gasteiger partial charge on any atom is 0.267 e. The number of para-hydroxylation sites is 1. The van der Waals surface area contributed by atoms with Crippen LogP contribution in [-0.4, -0.2) is 14.1 Å². The molecular formula is C22H21N3O2. The predicted molar refractivity (Wildman–Crippen MR) is 108 cm³/mol. The lowest BCUT2D eigenvalue weighted by molar-refractivity contribution is 0.630. The molecule has 5 nitrogen and oxygen atoms in total. The van der Waals surface area contributed by atoms with E-state index in [1.807, 2.05) is 74.0 Å². The molecule has 136 valence electrons. The zero-order valence-corrected chi connectivity index (χ0v) is 15.6. The van der Waals surface area contributed by atoms with Crippen LogP contribution in [0.1, 0.15) is 31.2 Å². The normalized spacial score (nSPS) is 11.6. The van der Waals surface area contributed by atoms with Gasteiger partial charge in [-0.15, -0.1) is 0 Å². The fraction of sp³-hybridized carbons (Fsp3) is 0.227. The lowest BCUT2D eigenvalue weighted by Crippen LogP contribution is -2.31. The average Bonchev–Trinajstić information content (AvgIpc) is 2.68. The Labute approximate surface area is 156 Å². The lowest BCUT2D eigenvalue weighted by Gasteiger charge is -2.18. The Hall–Kier alpha value is -3.21. The molecule has 2 aromatic heterocycles. The third kappa shape index (κ3) is 2.76. The van der Waals surface area contributed by atoms with E-state index < -0.39 is 0 Å². The van der Waals surface area contributed by atoms with Gasteiger partial charge in [-0.25, -0.2) is 4.98 Å². The molecule has 0 spiro atoms. The van der Waals surface area contributed by atoms with Crippen molar-refractivity contribution in [1.82, 2.24) is 14.1 Å². The second kappa shape index (κ2) is 6.50. The Morgan fingerprint density at radius 3 is 2.33 bits per heavy atom. The first-order valence-corrected chi connectivity index (χ1v) is 9.05. The van der Waals surface area contributed by atoms with Gasteiger partial charge in [-0.3, -0.25) is 14.2 Å². The molecule has 27 heavy (non-hydrogen) atoms. The molecule has 5 heteroatoms. The molecule has 4 rings (SSSR count). The number of aryl methyl sites for hydroxylation is 1. The van der Waals surface area contributed by atoms with E-state index >= 15 is 0 Å². The fourth-order valence-electron chi connectivity index (χ4n) is 3.57. The van der Waals surface area contributed by atoms with Crippen molar-refractivity contribution in [3.8, 4) is 0 Å². The van der Waals surface area contributed by atoms with E-state index in [1.165, 1.54) is 0 Å². The predicted octanol–water partition coefficient (Wildman–Crippen LogP) is 3.42.